The van der Waals surface area contributed by atoms with E-state index in [4.69, 9.17) is 22.4 Å². The molecule has 1 aromatic carbocycles. The Bertz CT molecular complexity index is 632. The van der Waals surface area contributed by atoms with Crippen LogP contribution in [0.3, 0.4) is 0 Å². The maximum absolute atomic E-state index is 12.0. The molecule has 0 radical (unpaired) electrons. The Balaban J connectivity index is 2.15. The predicted molar refractivity (Wildman–Crippen MR) is 76.3 cm³/mol. The maximum atomic E-state index is 12.0. The van der Waals surface area contributed by atoms with Gasteiger partial charge in [0.1, 0.15) is 4.99 Å². The fourth-order valence-electron chi connectivity index (χ4n) is 1.65. The first-order valence-electron chi connectivity index (χ1n) is 5.62. The number of anilines is 1. The number of carbonyl (C=O) groups excluding carboxylic acids is 1. The molecule has 2 rings (SSSR count). The first-order chi connectivity index (χ1) is 8.97. The molecule has 98 valence electrons. The highest BCUT2D eigenvalue weighted by Crippen LogP contribution is 2.14. The minimum absolute atomic E-state index is 0.218. The van der Waals surface area contributed by atoms with Crippen LogP contribution in [0.15, 0.2) is 28.7 Å². The summed E-state index contributed by atoms with van der Waals surface area (Å²) in [4.78, 5) is 16.3. The van der Waals surface area contributed by atoms with Crippen molar-refractivity contribution in [2.75, 3.05) is 5.32 Å². The molecule has 0 fully saturated rings. The fourth-order valence-corrected chi connectivity index (χ4v) is 1.78. The molecule has 3 N–H and O–H groups in total. The van der Waals surface area contributed by atoms with Crippen LogP contribution in [0.4, 0.5) is 5.69 Å². The summed E-state index contributed by atoms with van der Waals surface area (Å²) in [5.74, 6) is 0.351. The Morgan fingerprint density at radius 2 is 1.95 bits per heavy atom. The van der Waals surface area contributed by atoms with E-state index in [-0.39, 0.29) is 11.7 Å². The minimum Gasteiger partial charge on any atom is -0.436 e. The van der Waals surface area contributed by atoms with Crippen molar-refractivity contribution in [2.45, 2.75) is 13.8 Å². The van der Waals surface area contributed by atoms with E-state index in [1.807, 2.05) is 0 Å². The van der Waals surface area contributed by atoms with Crippen LogP contribution in [0.25, 0.3) is 0 Å². The summed E-state index contributed by atoms with van der Waals surface area (Å²) in [5, 5.41) is 2.72. The number of aromatic nitrogens is 1. The van der Waals surface area contributed by atoms with Crippen molar-refractivity contribution in [3.63, 3.8) is 0 Å². The zero-order valence-electron chi connectivity index (χ0n) is 10.6. The summed E-state index contributed by atoms with van der Waals surface area (Å²) in [6, 6.07) is 6.95. The monoisotopic (exact) mass is 275 g/mol. The van der Waals surface area contributed by atoms with Crippen molar-refractivity contribution in [2.24, 2.45) is 5.73 Å². The third-order valence-electron chi connectivity index (χ3n) is 2.54. The largest absolute Gasteiger partial charge is 0.436 e. The van der Waals surface area contributed by atoms with E-state index >= 15 is 0 Å². The number of hydrogen-bond acceptors (Lipinski definition) is 4. The number of rotatable bonds is 3. The van der Waals surface area contributed by atoms with Crippen LogP contribution in [-0.2, 0) is 0 Å². The average Bonchev–Trinajstić information content (AvgIpc) is 2.69. The van der Waals surface area contributed by atoms with Crippen molar-refractivity contribution in [1.29, 1.82) is 0 Å². The van der Waals surface area contributed by atoms with Crippen LogP contribution < -0.4 is 11.1 Å². The van der Waals surface area contributed by atoms with E-state index in [1.54, 1.807) is 38.1 Å². The number of nitrogens with zero attached hydrogens (tertiary/aromatic N) is 1. The van der Waals surface area contributed by atoms with E-state index in [2.05, 4.69) is 10.3 Å². The van der Waals surface area contributed by atoms with Gasteiger partial charge < -0.3 is 15.5 Å². The van der Waals surface area contributed by atoms with Crippen LogP contribution in [0, 0.1) is 13.8 Å². The van der Waals surface area contributed by atoms with Gasteiger partial charge >= 0.3 is 0 Å². The molecule has 1 aromatic heterocycles. The van der Waals surface area contributed by atoms with Crippen LogP contribution in [0.1, 0.15) is 27.7 Å². The first-order valence-corrected chi connectivity index (χ1v) is 6.03. The predicted octanol–water partition coefficient (Wildman–Crippen LogP) is 2.18. The number of thiocarbonyl (C=S) groups is 1. The van der Waals surface area contributed by atoms with E-state index in [1.165, 1.54) is 0 Å². The standard InChI is InChI=1S/C13H13N3O2S/c1-7-11(18-8(2)15-7)13(17)16-10-5-3-9(4-6-10)12(14)19/h3-6H,1-2H3,(H2,14,19)(H,16,17). The fraction of sp³-hybridized carbons (Fsp3) is 0.154. The Hall–Kier alpha value is -2.21. The molecule has 5 nitrogen and oxygen atoms in total. The van der Waals surface area contributed by atoms with Gasteiger partial charge in [0.05, 0.1) is 5.69 Å². The lowest BCUT2D eigenvalue weighted by atomic mass is 10.2. The van der Waals surface area contributed by atoms with E-state index in [0.717, 1.165) is 5.56 Å². The number of amides is 1. The highest BCUT2D eigenvalue weighted by Gasteiger charge is 2.15. The van der Waals surface area contributed by atoms with Crippen molar-refractivity contribution >= 4 is 28.8 Å². The number of aryl methyl sites for hydroxylation is 2. The average molecular weight is 275 g/mol. The van der Waals surface area contributed by atoms with Gasteiger partial charge in [-0.2, -0.15) is 0 Å². The molecule has 1 heterocycles. The second kappa shape index (κ2) is 5.19. The van der Waals surface area contributed by atoms with Gasteiger partial charge in [0.15, 0.2) is 5.89 Å². The molecule has 19 heavy (non-hydrogen) atoms. The van der Waals surface area contributed by atoms with Gasteiger partial charge in [-0.05, 0) is 31.2 Å². The number of nitrogens with two attached hydrogens (primary N) is 1. The van der Waals surface area contributed by atoms with Crippen molar-refractivity contribution < 1.29 is 9.21 Å². The van der Waals surface area contributed by atoms with E-state index in [0.29, 0.717) is 22.3 Å². The molecule has 0 aliphatic carbocycles. The zero-order chi connectivity index (χ0) is 14.0. The second-order valence-corrected chi connectivity index (χ2v) is 4.48. The molecule has 0 atom stereocenters. The van der Waals surface area contributed by atoms with Gasteiger partial charge in [0.25, 0.3) is 5.91 Å². The van der Waals surface area contributed by atoms with E-state index < -0.39 is 0 Å². The molecule has 6 heteroatoms. The number of oxazole rings is 1. The summed E-state index contributed by atoms with van der Waals surface area (Å²) in [6.45, 7) is 3.42. The van der Waals surface area contributed by atoms with Gasteiger partial charge in [-0.3, -0.25) is 4.79 Å². The van der Waals surface area contributed by atoms with Gasteiger partial charge in [-0.25, -0.2) is 4.98 Å². The molecule has 2 aromatic rings. The van der Waals surface area contributed by atoms with Crippen LogP contribution >= 0.6 is 12.2 Å². The quantitative estimate of drug-likeness (QED) is 0.839. The Morgan fingerprint density at radius 1 is 1.32 bits per heavy atom. The lowest BCUT2D eigenvalue weighted by Gasteiger charge is -2.04. The van der Waals surface area contributed by atoms with Crippen molar-refractivity contribution in [3.05, 3.63) is 47.2 Å². The second-order valence-electron chi connectivity index (χ2n) is 4.04. The topological polar surface area (TPSA) is 81.2 Å². The van der Waals surface area contributed by atoms with Gasteiger partial charge in [0, 0.05) is 18.2 Å². The molecule has 0 saturated carbocycles. The summed E-state index contributed by atoms with van der Waals surface area (Å²) >= 11 is 4.86. The summed E-state index contributed by atoms with van der Waals surface area (Å²) in [6.07, 6.45) is 0. The van der Waals surface area contributed by atoms with Crippen molar-refractivity contribution in [3.8, 4) is 0 Å². The third-order valence-corrected chi connectivity index (χ3v) is 2.77. The van der Waals surface area contributed by atoms with Gasteiger partial charge in [0.2, 0.25) is 5.76 Å². The van der Waals surface area contributed by atoms with Crippen molar-refractivity contribution in [1.82, 2.24) is 4.98 Å². The van der Waals surface area contributed by atoms with Gasteiger partial charge in [-0.15, -0.1) is 0 Å². The molecule has 0 saturated heterocycles. The molecule has 0 unspecified atom stereocenters. The third kappa shape index (κ3) is 2.97. The molecule has 0 spiro atoms. The first kappa shape index (κ1) is 13.2. The summed E-state index contributed by atoms with van der Waals surface area (Å²) in [7, 11) is 0. The number of nitrogens with one attached hydrogen (secondary N) is 1. The highest BCUT2D eigenvalue weighted by atomic mass is 32.1. The zero-order valence-corrected chi connectivity index (χ0v) is 11.4. The normalized spacial score (nSPS) is 10.2. The highest BCUT2D eigenvalue weighted by molar-refractivity contribution is 7.80. The number of hydrogen-bond donors (Lipinski definition) is 2. The lowest BCUT2D eigenvalue weighted by molar-refractivity contribution is 0.0994. The summed E-state index contributed by atoms with van der Waals surface area (Å²) < 4.78 is 5.25. The number of benzene rings is 1. The van der Waals surface area contributed by atoms with Crippen LogP contribution in [0.5, 0.6) is 0 Å². The SMILES string of the molecule is Cc1nc(C)c(C(=O)Nc2ccc(C(N)=S)cc2)o1. The van der Waals surface area contributed by atoms with Crippen LogP contribution in [-0.4, -0.2) is 15.9 Å². The summed E-state index contributed by atoms with van der Waals surface area (Å²) in [5.41, 5.74) is 7.45. The molecule has 0 aliphatic rings. The Labute approximate surface area is 115 Å². The van der Waals surface area contributed by atoms with Gasteiger partial charge in [-0.1, -0.05) is 12.2 Å². The minimum atomic E-state index is -0.332. The molecular weight excluding hydrogens is 262 g/mol. The molecule has 1 amide bonds. The lowest BCUT2D eigenvalue weighted by Crippen LogP contribution is -2.13. The maximum Gasteiger partial charge on any atom is 0.293 e. The Kier molecular flexibility index (Phi) is 3.62. The Morgan fingerprint density at radius 3 is 2.42 bits per heavy atom. The molecular formula is C13H13N3O2S. The molecule has 0 bridgehead atoms. The smallest absolute Gasteiger partial charge is 0.293 e. The van der Waals surface area contributed by atoms with E-state index in [9.17, 15) is 4.79 Å². The van der Waals surface area contributed by atoms with Crippen LogP contribution in [0.2, 0.25) is 0 Å². The molecule has 0 aliphatic heterocycles. The number of carbonyl (C=O) groups is 1.